The molecule has 26 heavy (non-hydrogen) atoms. The van der Waals surface area contributed by atoms with Crippen LogP contribution >= 0.6 is 11.6 Å². The normalized spacial score (nSPS) is 19.6. The van der Waals surface area contributed by atoms with Gasteiger partial charge in [-0.15, -0.1) is 0 Å². The smallest absolute Gasteiger partial charge is 0.325 e. The highest BCUT2D eigenvalue weighted by molar-refractivity contribution is 6.32. The topological polar surface area (TPSA) is 78.5 Å². The first-order valence-electron chi connectivity index (χ1n) is 8.66. The summed E-state index contributed by atoms with van der Waals surface area (Å²) in [6, 6.07) is 2.91. The van der Waals surface area contributed by atoms with Crippen molar-refractivity contribution in [3.63, 3.8) is 0 Å². The molecule has 0 aromatic heterocycles. The standard InChI is InChI=1S/C18H23ClFN3O3/c1-3-4-5-6-9-21-15(24)11-23-16(25)18(2,22-17(23)26)13-8-7-12(20)10-14(13)19/h7-8,10H,3-6,9,11H2,1-2H3,(H,21,24)(H,22,26). The fraction of sp³-hybridized carbons (Fsp3) is 0.500. The summed E-state index contributed by atoms with van der Waals surface area (Å²) in [5.74, 6) is -1.55. The summed E-state index contributed by atoms with van der Waals surface area (Å²) in [6.45, 7) is 3.71. The molecule has 2 N–H and O–H groups in total. The van der Waals surface area contributed by atoms with E-state index in [2.05, 4.69) is 17.6 Å². The van der Waals surface area contributed by atoms with Crippen molar-refractivity contribution in [3.05, 3.63) is 34.6 Å². The average molecular weight is 384 g/mol. The fourth-order valence-corrected chi connectivity index (χ4v) is 3.25. The Balaban J connectivity index is 2.03. The molecule has 142 valence electrons. The Kier molecular flexibility index (Phi) is 6.58. The maximum atomic E-state index is 13.3. The minimum atomic E-state index is -1.44. The van der Waals surface area contributed by atoms with Crippen molar-refractivity contribution in [1.82, 2.24) is 15.5 Å². The van der Waals surface area contributed by atoms with Crippen LogP contribution in [0, 0.1) is 5.82 Å². The Morgan fingerprint density at radius 1 is 1.31 bits per heavy atom. The summed E-state index contributed by atoms with van der Waals surface area (Å²) < 4.78 is 13.3. The van der Waals surface area contributed by atoms with E-state index in [-0.39, 0.29) is 17.1 Å². The van der Waals surface area contributed by atoms with Gasteiger partial charge in [-0.2, -0.15) is 0 Å². The molecule has 1 atom stereocenters. The van der Waals surface area contributed by atoms with Crippen LogP contribution in [0.15, 0.2) is 18.2 Å². The molecule has 1 aromatic carbocycles. The van der Waals surface area contributed by atoms with Crippen molar-refractivity contribution in [3.8, 4) is 0 Å². The molecule has 1 fully saturated rings. The Morgan fingerprint density at radius 2 is 2.04 bits per heavy atom. The van der Waals surface area contributed by atoms with Gasteiger partial charge in [-0.05, 0) is 25.5 Å². The molecule has 0 radical (unpaired) electrons. The minimum absolute atomic E-state index is 0.0309. The van der Waals surface area contributed by atoms with Crippen molar-refractivity contribution in [1.29, 1.82) is 0 Å². The van der Waals surface area contributed by atoms with Crippen LogP contribution in [0.2, 0.25) is 5.02 Å². The molecule has 1 aliphatic rings. The maximum Gasteiger partial charge on any atom is 0.325 e. The lowest BCUT2D eigenvalue weighted by atomic mass is 9.92. The first-order chi connectivity index (χ1) is 12.3. The summed E-state index contributed by atoms with van der Waals surface area (Å²) in [7, 11) is 0. The van der Waals surface area contributed by atoms with E-state index in [4.69, 9.17) is 11.6 Å². The number of carbonyl (C=O) groups excluding carboxylic acids is 3. The summed E-state index contributed by atoms with van der Waals surface area (Å²) in [5.41, 5.74) is -1.16. The van der Waals surface area contributed by atoms with E-state index in [9.17, 15) is 18.8 Å². The minimum Gasteiger partial charge on any atom is -0.355 e. The van der Waals surface area contributed by atoms with Gasteiger partial charge in [-0.25, -0.2) is 9.18 Å². The number of imide groups is 1. The van der Waals surface area contributed by atoms with Crippen LogP contribution in [0.1, 0.15) is 45.1 Å². The number of nitrogens with one attached hydrogen (secondary N) is 2. The molecular formula is C18H23ClFN3O3. The third kappa shape index (κ3) is 4.33. The quantitative estimate of drug-likeness (QED) is 0.535. The molecule has 1 saturated heterocycles. The highest BCUT2D eigenvalue weighted by Gasteiger charge is 2.50. The summed E-state index contributed by atoms with van der Waals surface area (Å²) in [4.78, 5) is 37.8. The number of benzene rings is 1. The predicted molar refractivity (Wildman–Crippen MR) is 96.2 cm³/mol. The van der Waals surface area contributed by atoms with Crippen LogP contribution in [0.4, 0.5) is 9.18 Å². The van der Waals surface area contributed by atoms with Crippen molar-refractivity contribution in [2.45, 2.75) is 45.1 Å². The second-order valence-electron chi connectivity index (χ2n) is 6.48. The molecule has 4 amide bonds. The number of unbranched alkanes of at least 4 members (excludes halogenated alkanes) is 3. The Morgan fingerprint density at radius 3 is 2.69 bits per heavy atom. The van der Waals surface area contributed by atoms with Crippen molar-refractivity contribution < 1.29 is 18.8 Å². The van der Waals surface area contributed by atoms with Crippen LogP contribution in [0.25, 0.3) is 0 Å². The lowest BCUT2D eigenvalue weighted by Crippen LogP contribution is -2.43. The molecule has 1 aliphatic heterocycles. The maximum absolute atomic E-state index is 13.3. The van der Waals surface area contributed by atoms with Gasteiger partial charge in [0, 0.05) is 17.1 Å². The zero-order valence-corrected chi connectivity index (χ0v) is 15.7. The van der Waals surface area contributed by atoms with Gasteiger partial charge in [-0.3, -0.25) is 14.5 Å². The monoisotopic (exact) mass is 383 g/mol. The fourth-order valence-electron chi connectivity index (χ4n) is 2.90. The van der Waals surface area contributed by atoms with Crippen molar-refractivity contribution in [2.24, 2.45) is 0 Å². The van der Waals surface area contributed by atoms with Gasteiger partial charge >= 0.3 is 6.03 Å². The number of hydrogen-bond acceptors (Lipinski definition) is 3. The number of urea groups is 1. The number of nitrogens with zero attached hydrogens (tertiary/aromatic N) is 1. The predicted octanol–water partition coefficient (Wildman–Crippen LogP) is 2.94. The zero-order chi connectivity index (χ0) is 19.3. The van der Waals surface area contributed by atoms with E-state index in [1.807, 2.05) is 0 Å². The first-order valence-corrected chi connectivity index (χ1v) is 9.03. The number of rotatable bonds is 8. The number of amides is 4. The van der Waals surface area contributed by atoms with Gasteiger partial charge in [0.05, 0.1) is 0 Å². The van der Waals surface area contributed by atoms with E-state index < -0.39 is 29.2 Å². The molecule has 0 bridgehead atoms. The van der Waals surface area contributed by atoms with Gasteiger partial charge < -0.3 is 10.6 Å². The van der Waals surface area contributed by atoms with E-state index in [0.717, 1.165) is 42.7 Å². The molecule has 1 aromatic rings. The summed E-state index contributed by atoms with van der Waals surface area (Å²) in [5, 5.41) is 5.28. The Labute approximate surface area is 157 Å². The van der Waals surface area contributed by atoms with E-state index in [1.54, 1.807) is 0 Å². The summed E-state index contributed by atoms with van der Waals surface area (Å²) in [6.07, 6.45) is 4.06. The van der Waals surface area contributed by atoms with Crippen LogP contribution in [-0.2, 0) is 15.1 Å². The third-order valence-corrected chi connectivity index (χ3v) is 4.71. The first kappa shape index (κ1) is 20.2. The third-order valence-electron chi connectivity index (χ3n) is 4.40. The van der Waals surface area contributed by atoms with Gasteiger partial charge in [0.2, 0.25) is 5.91 Å². The van der Waals surface area contributed by atoms with Gasteiger partial charge in [0.15, 0.2) is 0 Å². The highest BCUT2D eigenvalue weighted by atomic mass is 35.5. The molecule has 1 heterocycles. The molecule has 0 spiro atoms. The molecule has 0 saturated carbocycles. The van der Waals surface area contributed by atoms with E-state index in [0.29, 0.717) is 6.54 Å². The lowest BCUT2D eigenvalue weighted by Gasteiger charge is -2.23. The van der Waals surface area contributed by atoms with Gasteiger partial charge in [0.25, 0.3) is 5.91 Å². The van der Waals surface area contributed by atoms with Crippen LogP contribution in [0.5, 0.6) is 0 Å². The molecule has 1 unspecified atom stereocenters. The second-order valence-corrected chi connectivity index (χ2v) is 6.89. The van der Waals surface area contributed by atoms with E-state index >= 15 is 0 Å². The molecule has 6 nitrogen and oxygen atoms in total. The van der Waals surface area contributed by atoms with Gasteiger partial charge in [0.1, 0.15) is 17.9 Å². The van der Waals surface area contributed by atoms with Crippen molar-refractivity contribution in [2.75, 3.05) is 13.1 Å². The zero-order valence-electron chi connectivity index (χ0n) is 14.9. The Bertz CT molecular complexity index is 713. The summed E-state index contributed by atoms with van der Waals surface area (Å²) >= 11 is 6.03. The Hall–Kier alpha value is -2.15. The number of halogens is 2. The van der Waals surface area contributed by atoms with Crippen LogP contribution in [-0.4, -0.2) is 35.8 Å². The van der Waals surface area contributed by atoms with Crippen LogP contribution < -0.4 is 10.6 Å². The second kappa shape index (κ2) is 8.49. The number of carbonyl (C=O) groups is 3. The largest absolute Gasteiger partial charge is 0.355 e. The van der Waals surface area contributed by atoms with Gasteiger partial charge in [-0.1, -0.05) is 43.9 Å². The van der Waals surface area contributed by atoms with Crippen molar-refractivity contribution >= 4 is 29.4 Å². The average Bonchev–Trinajstić information content (AvgIpc) is 2.78. The molecule has 8 heteroatoms. The number of hydrogen-bond donors (Lipinski definition) is 2. The molecule has 2 rings (SSSR count). The lowest BCUT2D eigenvalue weighted by molar-refractivity contribution is -0.134. The SMILES string of the molecule is CCCCCCNC(=O)CN1C(=O)NC(C)(c2ccc(F)cc2Cl)C1=O. The molecule has 0 aliphatic carbocycles. The van der Waals surface area contributed by atoms with E-state index in [1.165, 1.54) is 13.0 Å². The molecular weight excluding hydrogens is 361 g/mol. The highest BCUT2D eigenvalue weighted by Crippen LogP contribution is 2.33. The van der Waals surface area contributed by atoms with Crippen LogP contribution in [0.3, 0.4) is 0 Å².